The molecule has 0 bridgehead atoms. The highest BCUT2D eigenvalue weighted by molar-refractivity contribution is 5.78. The van der Waals surface area contributed by atoms with E-state index in [4.69, 9.17) is 4.74 Å². The number of unbranched alkanes of at least 4 members (excludes halogenated alkanes) is 1. The van der Waals surface area contributed by atoms with E-state index in [2.05, 4.69) is 59.1 Å². The highest BCUT2D eigenvalue weighted by atomic mass is 16.5. The van der Waals surface area contributed by atoms with Crippen molar-refractivity contribution in [1.29, 1.82) is 0 Å². The van der Waals surface area contributed by atoms with Crippen LogP contribution in [0.15, 0.2) is 0 Å². The van der Waals surface area contributed by atoms with Crippen LogP contribution in [0.4, 0.5) is 0 Å². The molecule has 0 aromatic rings. The molecule has 0 heterocycles. The molecule has 144 valence electrons. The summed E-state index contributed by atoms with van der Waals surface area (Å²) in [5, 5.41) is 5.99. The summed E-state index contributed by atoms with van der Waals surface area (Å²) in [7, 11) is 0. The smallest absolute Gasteiger partial charge is 0.233 e. The van der Waals surface area contributed by atoms with Gasteiger partial charge in [0, 0.05) is 14.9 Å². The summed E-state index contributed by atoms with van der Waals surface area (Å²) in [5.41, 5.74) is 0.308. The van der Waals surface area contributed by atoms with E-state index in [1.807, 2.05) is 20.8 Å². The van der Waals surface area contributed by atoms with Gasteiger partial charge in [-0.15, -0.1) is 0 Å². The van der Waals surface area contributed by atoms with E-state index in [1.165, 1.54) is 0 Å². The van der Waals surface area contributed by atoms with Gasteiger partial charge in [-0.1, -0.05) is 34.1 Å². The lowest BCUT2D eigenvalue weighted by Crippen LogP contribution is -2.43. The molecule has 23 heavy (non-hydrogen) atoms. The third-order valence-corrected chi connectivity index (χ3v) is 2.57. The molecule has 0 saturated heterocycles. The second kappa shape index (κ2) is 11.0. The van der Waals surface area contributed by atoms with Crippen molar-refractivity contribution in [2.24, 2.45) is 5.41 Å². The van der Waals surface area contributed by atoms with Crippen LogP contribution in [0.1, 0.15) is 84.9 Å². The third kappa shape index (κ3) is 26.6. The van der Waals surface area contributed by atoms with E-state index in [0.717, 1.165) is 26.0 Å². The summed E-state index contributed by atoms with van der Waals surface area (Å²) < 4.78 is 5.59. The van der Waals surface area contributed by atoms with Gasteiger partial charge in [0.05, 0.1) is 18.8 Å². The molecule has 0 aliphatic heterocycles. The molecule has 0 fully saturated rings. The van der Waals surface area contributed by atoms with Crippen LogP contribution in [0.25, 0.3) is 0 Å². The Hall–Kier alpha value is -0.610. The monoisotopic (exact) mass is 334 g/mol. The highest BCUT2D eigenvalue weighted by Crippen LogP contribution is 2.17. The van der Waals surface area contributed by atoms with Crippen LogP contribution in [0.5, 0.6) is 0 Å². The van der Waals surface area contributed by atoms with Gasteiger partial charge in [-0.2, -0.15) is 0 Å². The molecule has 0 aromatic heterocycles. The number of hydrogen-bond donors (Lipinski definition) is 2. The standard InChI is InChI=1S/C10H22N2O.C9H20O.2H2/c1-5-6-7-11-9(13)8-12-10(2,3)4;1-8(2,3)7-10-9(4,5)6;;/h12H,5-8H2,1-4H3,(H,11,13);7H2,1-6H3;2*1H. The van der Waals surface area contributed by atoms with E-state index in [1.54, 1.807) is 0 Å². The second-order valence-electron chi connectivity index (χ2n) is 9.27. The van der Waals surface area contributed by atoms with Crippen molar-refractivity contribution in [3.63, 3.8) is 0 Å². The molecule has 0 aliphatic rings. The lowest BCUT2D eigenvalue weighted by Gasteiger charge is -2.26. The van der Waals surface area contributed by atoms with Crippen LogP contribution in [-0.2, 0) is 9.53 Å². The van der Waals surface area contributed by atoms with Crippen LogP contribution in [0, 0.1) is 5.41 Å². The second-order valence-corrected chi connectivity index (χ2v) is 9.27. The van der Waals surface area contributed by atoms with Gasteiger partial charge in [-0.05, 0) is 53.4 Å². The zero-order valence-corrected chi connectivity index (χ0v) is 17.4. The Morgan fingerprint density at radius 2 is 1.52 bits per heavy atom. The normalized spacial score (nSPS) is 12.4. The Morgan fingerprint density at radius 3 is 1.83 bits per heavy atom. The third-order valence-electron chi connectivity index (χ3n) is 2.57. The van der Waals surface area contributed by atoms with E-state index >= 15 is 0 Å². The number of carbonyl (C=O) groups excluding carboxylic acids is 1. The number of rotatable bonds is 6. The Labute approximate surface area is 148 Å². The predicted octanol–water partition coefficient (Wildman–Crippen LogP) is 4.63. The van der Waals surface area contributed by atoms with Crippen LogP contribution >= 0.6 is 0 Å². The lowest BCUT2D eigenvalue weighted by atomic mass is 9.98. The first-order chi connectivity index (χ1) is 10.2. The summed E-state index contributed by atoms with van der Waals surface area (Å²) >= 11 is 0. The van der Waals surface area contributed by atoms with Crippen molar-refractivity contribution < 1.29 is 12.4 Å². The van der Waals surface area contributed by atoms with Crippen LogP contribution in [0.2, 0.25) is 0 Å². The molecule has 0 radical (unpaired) electrons. The fourth-order valence-electron chi connectivity index (χ4n) is 1.25. The number of nitrogens with one attached hydrogen (secondary N) is 2. The molecular weight excluding hydrogens is 288 g/mol. The van der Waals surface area contributed by atoms with Crippen molar-refractivity contribution in [3.8, 4) is 0 Å². The maximum absolute atomic E-state index is 11.2. The average molecular weight is 335 g/mol. The van der Waals surface area contributed by atoms with Gasteiger partial charge in [0.1, 0.15) is 0 Å². The molecule has 0 atom stereocenters. The highest BCUT2D eigenvalue weighted by Gasteiger charge is 2.16. The molecule has 2 N–H and O–H groups in total. The van der Waals surface area contributed by atoms with Gasteiger partial charge in [0.2, 0.25) is 5.91 Å². The molecular formula is C19H46N2O2. The molecule has 0 aromatic carbocycles. The molecule has 0 saturated carbocycles. The van der Waals surface area contributed by atoms with Crippen molar-refractivity contribution in [3.05, 3.63) is 0 Å². The van der Waals surface area contributed by atoms with Crippen molar-refractivity contribution in [2.75, 3.05) is 19.7 Å². The maximum Gasteiger partial charge on any atom is 0.233 e. The van der Waals surface area contributed by atoms with Gasteiger partial charge in [-0.25, -0.2) is 0 Å². The van der Waals surface area contributed by atoms with E-state index in [9.17, 15) is 4.79 Å². The predicted molar refractivity (Wildman–Crippen MR) is 105 cm³/mol. The van der Waals surface area contributed by atoms with Crippen molar-refractivity contribution >= 4 is 5.91 Å². The Morgan fingerprint density at radius 1 is 1.00 bits per heavy atom. The SMILES string of the molecule is CC(C)(C)COC(C)(C)C.CCCCNC(=O)CNC(C)(C)C.[HH].[HH]. The molecule has 0 unspecified atom stereocenters. The first kappa shape index (κ1) is 24.6. The average Bonchev–Trinajstić information content (AvgIpc) is 2.33. The number of ether oxygens (including phenoxy) is 1. The first-order valence-electron chi connectivity index (χ1n) is 8.82. The topological polar surface area (TPSA) is 50.4 Å². The Kier molecular flexibility index (Phi) is 11.8. The maximum atomic E-state index is 11.2. The summed E-state index contributed by atoms with van der Waals surface area (Å²) in [6, 6.07) is 0. The van der Waals surface area contributed by atoms with Crippen molar-refractivity contribution in [1.82, 2.24) is 10.6 Å². The number of carbonyl (C=O) groups is 1. The van der Waals surface area contributed by atoms with Gasteiger partial charge in [0.25, 0.3) is 0 Å². The molecule has 0 rings (SSSR count). The minimum atomic E-state index is 0. The summed E-state index contributed by atoms with van der Waals surface area (Å²) in [6.07, 6.45) is 2.17. The van der Waals surface area contributed by atoms with E-state index in [-0.39, 0.29) is 25.3 Å². The van der Waals surface area contributed by atoms with E-state index in [0.29, 0.717) is 6.54 Å². The largest absolute Gasteiger partial charge is 0.375 e. The Bertz CT molecular complexity index is 303. The zero-order valence-electron chi connectivity index (χ0n) is 17.4. The minimum absolute atomic E-state index is 0. The van der Waals surface area contributed by atoms with Crippen LogP contribution < -0.4 is 10.6 Å². The van der Waals surface area contributed by atoms with Gasteiger partial charge < -0.3 is 15.4 Å². The van der Waals surface area contributed by atoms with E-state index < -0.39 is 0 Å². The number of amides is 1. The molecule has 4 heteroatoms. The summed E-state index contributed by atoms with van der Waals surface area (Å²) in [4.78, 5) is 11.2. The molecule has 0 aliphatic carbocycles. The van der Waals surface area contributed by atoms with Crippen LogP contribution in [0.3, 0.4) is 0 Å². The molecule has 4 nitrogen and oxygen atoms in total. The van der Waals surface area contributed by atoms with Crippen molar-refractivity contribution in [2.45, 2.75) is 93.2 Å². The fourth-order valence-corrected chi connectivity index (χ4v) is 1.25. The summed E-state index contributed by atoms with van der Waals surface area (Å²) in [6.45, 7) is 23.1. The first-order valence-corrected chi connectivity index (χ1v) is 8.82. The lowest BCUT2D eigenvalue weighted by molar-refractivity contribution is -0.120. The zero-order chi connectivity index (χ0) is 18.7. The van der Waals surface area contributed by atoms with Gasteiger partial charge in [-0.3, -0.25) is 4.79 Å². The molecule has 1 amide bonds. The minimum Gasteiger partial charge on any atom is -0.375 e. The fraction of sp³-hybridized carbons (Fsp3) is 0.947. The van der Waals surface area contributed by atoms with Crippen LogP contribution in [-0.4, -0.2) is 36.7 Å². The number of hydrogen-bond acceptors (Lipinski definition) is 3. The quantitative estimate of drug-likeness (QED) is 0.696. The van der Waals surface area contributed by atoms with Gasteiger partial charge in [0.15, 0.2) is 0 Å². The Balaban J connectivity index is -0.000000168. The molecule has 0 spiro atoms. The van der Waals surface area contributed by atoms with Gasteiger partial charge >= 0.3 is 0 Å². The summed E-state index contributed by atoms with van der Waals surface area (Å²) in [5.74, 6) is 0.0865.